The molecule has 0 unspecified atom stereocenters. The van der Waals surface area contributed by atoms with Crippen molar-refractivity contribution in [3.8, 4) is 0 Å². The SMILES string of the molecule is CC(C)OC(=O)CN1CCCN(CCO)CC1. The van der Waals surface area contributed by atoms with Crippen LogP contribution in [0, 0.1) is 0 Å². The normalized spacial score (nSPS) is 19.3. The van der Waals surface area contributed by atoms with Crippen molar-refractivity contribution in [3.63, 3.8) is 0 Å². The van der Waals surface area contributed by atoms with Gasteiger partial charge in [-0.3, -0.25) is 14.6 Å². The summed E-state index contributed by atoms with van der Waals surface area (Å²) >= 11 is 0. The lowest BCUT2D eigenvalue weighted by Crippen LogP contribution is -2.36. The summed E-state index contributed by atoms with van der Waals surface area (Å²) < 4.78 is 5.13. The molecule has 1 aliphatic rings. The lowest BCUT2D eigenvalue weighted by Gasteiger charge is -2.20. The second-order valence-electron chi connectivity index (χ2n) is 4.73. The molecule has 1 N–H and O–H groups in total. The number of rotatable bonds is 5. The van der Waals surface area contributed by atoms with Gasteiger partial charge >= 0.3 is 5.97 Å². The molecule has 1 aliphatic heterocycles. The van der Waals surface area contributed by atoms with Crippen molar-refractivity contribution in [1.82, 2.24) is 9.80 Å². The Balaban J connectivity index is 2.28. The van der Waals surface area contributed by atoms with Crippen molar-refractivity contribution >= 4 is 5.97 Å². The van der Waals surface area contributed by atoms with Crippen LogP contribution in [0.4, 0.5) is 0 Å². The Morgan fingerprint density at radius 3 is 2.53 bits per heavy atom. The number of carbonyl (C=O) groups excluding carboxylic acids is 1. The van der Waals surface area contributed by atoms with Crippen LogP contribution in [0.3, 0.4) is 0 Å². The molecular weight excluding hydrogens is 220 g/mol. The van der Waals surface area contributed by atoms with Crippen LogP contribution in [0.5, 0.6) is 0 Å². The molecule has 0 aromatic carbocycles. The van der Waals surface area contributed by atoms with E-state index in [9.17, 15) is 4.79 Å². The number of hydrogen-bond donors (Lipinski definition) is 1. The molecule has 100 valence electrons. The number of carbonyl (C=O) groups is 1. The van der Waals surface area contributed by atoms with Gasteiger partial charge in [0.05, 0.1) is 19.3 Å². The Morgan fingerprint density at radius 2 is 1.88 bits per heavy atom. The van der Waals surface area contributed by atoms with Gasteiger partial charge in [0.15, 0.2) is 0 Å². The largest absolute Gasteiger partial charge is 0.462 e. The molecule has 1 saturated heterocycles. The van der Waals surface area contributed by atoms with Gasteiger partial charge in [-0.05, 0) is 26.8 Å². The fourth-order valence-corrected chi connectivity index (χ4v) is 2.03. The van der Waals surface area contributed by atoms with Crippen LogP contribution in [-0.2, 0) is 9.53 Å². The number of esters is 1. The Morgan fingerprint density at radius 1 is 1.24 bits per heavy atom. The highest BCUT2D eigenvalue weighted by molar-refractivity contribution is 5.71. The fraction of sp³-hybridized carbons (Fsp3) is 0.917. The molecule has 0 amide bonds. The zero-order chi connectivity index (χ0) is 12.7. The summed E-state index contributed by atoms with van der Waals surface area (Å²) in [4.78, 5) is 15.9. The van der Waals surface area contributed by atoms with Crippen LogP contribution in [-0.4, -0.2) is 72.9 Å². The van der Waals surface area contributed by atoms with E-state index < -0.39 is 0 Å². The average Bonchev–Trinajstić information content (AvgIpc) is 2.43. The standard InChI is InChI=1S/C12H24N2O3/c1-11(2)17-12(16)10-14-5-3-4-13(6-7-14)8-9-15/h11,15H,3-10H2,1-2H3. The molecule has 0 bridgehead atoms. The molecule has 0 aromatic rings. The van der Waals surface area contributed by atoms with E-state index in [-0.39, 0.29) is 18.7 Å². The Bertz CT molecular complexity index is 234. The van der Waals surface area contributed by atoms with Gasteiger partial charge in [-0.1, -0.05) is 0 Å². The average molecular weight is 244 g/mol. The first kappa shape index (κ1) is 14.4. The van der Waals surface area contributed by atoms with Crippen LogP contribution < -0.4 is 0 Å². The van der Waals surface area contributed by atoms with E-state index >= 15 is 0 Å². The molecule has 5 nitrogen and oxygen atoms in total. The molecule has 0 aliphatic carbocycles. The molecule has 0 spiro atoms. The second kappa shape index (κ2) is 7.63. The molecule has 0 atom stereocenters. The smallest absolute Gasteiger partial charge is 0.320 e. The lowest BCUT2D eigenvalue weighted by molar-refractivity contribution is -0.148. The minimum atomic E-state index is -0.143. The van der Waals surface area contributed by atoms with Gasteiger partial charge in [0.2, 0.25) is 0 Å². The maximum absolute atomic E-state index is 11.5. The van der Waals surface area contributed by atoms with Crippen molar-refractivity contribution in [1.29, 1.82) is 0 Å². The van der Waals surface area contributed by atoms with Crippen molar-refractivity contribution in [2.45, 2.75) is 26.4 Å². The van der Waals surface area contributed by atoms with Gasteiger partial charge in [-0.25, -0.2) is 0 Å². The summed E-state index contributed by atoms with van der Waals surface area (Å²) in [5, 5.41) is 8.89. The fourth-order valence-electron chi connectivity index (χ4n) is 2.03. The van der Waals surface area contributed by atoms with Gasteiger partial charge in [-0.15, -0.1) is 0 Å². The molecule has 1 rings (SSSR count). The van der Waals surface area contributed by atoms with E-state index in [0.717, 1.165) is 39.1 Å². The summed E-state index contributed by atoms with van der Waals surface area (Å²) in [6, 6.07) is 0. The highest BCUT2D eigenvalue weighted by atomic mass is 16.5. The van der Waals surface area contributed by atoms with Crippen LogP contribution in [0.25, 0.3) is 0 Å². The zero-order valence-electron chi connectivity index (χ0n) is 10.9. The Hall–Kier alpha value is -0.650. The first-order valence-corrected chi connectivity index (χ1v) is 6.37. The molecule has 0 aromatic heterocycles. The van der Waals surface area contributed by atoms with Crippen molar-refractivity contribution in [2.24, 2.45) is 0 Å². The predicted molar refractivity (Wildman–Crippen MR) is 65.8 cm³/mol. The first-order valence-electron chi connectivity index (χ1n) is 6.37. The van der Waals surface area contributed by atoms with Crippen LogP contribution in [0.2, 0.25) is 0 Å². The molecule has 1 heterocycles. The summed E-state index contributed by atoms with van der Waals surface area (Å²) in [6.07, 6.45) is 0.995. The molecular formula is C12H24N2O3. The maximum atomic E-state index is 11.5. The number of nitrogens with zero attached hydrogens (tertiary/aromatic N) is 2. The number of aliphatic hydroxyl groups is 1. The van der Waals surface area contributed by atoms with E-state index in [4.69, 9.17) is 9.84 Å². The van der Waals surface area contributed by atoms with Crippen molar-refractivity contribution < 1.29 is 14.6 Å². The van der Waals surface area contributed by atoms with Gasteiger partial charge in [0.25, 0.3) is 0 Å². The Labute approximate surface area is 103 Å². The van der Waals surface area contributed by atoms with E-state index in [1.165, 1.54) is 0 Å². The van der Waals surface area contributed by atoms with Crippen molar-refractivity contribution in [2.75, 3.05) is 45.9 Å². The zero-order valence-corrected chi connectivity index (χ0v) is 10.9. The Kier molecular flexibility index (Phi) is 6.47. The lowest BCUT2D eigenvalue weighted by atomic mass is 10.4. The third kappa shape index (κ3) is 6.00. The van der Waals surface area contributed by atoms with E-state index in [1.807, 2.05) is 13.8 Å². The van der Waals surface area contributed by atoms with E-state index in [0.29, 0.717) is 6.54 Å². The molecule has 17 heavy (non-hydrogen) atoms. The monoisotopic (exact) mass is 244 g/mol. The van der Waals surface area contributed by atoms with Crippen molar-refractivity contribution in [3.05, 3.63) is 0 Å². The van der Waals surface area contributed by atoms with E-state index in [2.05, 4.69) is 9.80 Å². The van der Waals surface area contributed by atoms with Gasteiger partial charge in [0.1, 0.15) is 0 Å². The van der Waals surface area contributed by atoms with Gasteiger partial charge in [0, 0.05) is 26.2 Å². The minimum absolute atomic E-state index is 0.0413. The summed E-state index contributed by atoms with van der Waals surface area (Å²) in [7, 11) is 0. The highest BCUT2D eigenvalue weighted by Gasteiger charge is 2.17. The number of hydrogen-bond acceptors (Lipinski definition) is 5. The first-order chi connectivity index (χ1) is 8.11. The van der Waals surface area contributed by atoms with Gasteiger partial charge < -0.3 is 9.84 Å². The number of ether oxygens (including phenoxy) is 1. The third-order valence-corrected chi connectivity index (χ3v) is 2.82. The molecule has 0 saturated carbocycles. The topological polar surface area (TPSA) is 53.0 Å². The van der Waals surface area contributed by atoms with Crippen LogP contribution >= 0.6 is 0 Å². The highest BCUT2D eigenvalue weighted by Crippen LogP contribution is 2.03. The number of β-amino-alcohol motifs (C(OH)–C–C–N with tert-alkyl or cyclic N) is 1. The maximum Gasteiger partial charge on any atom is 0.320 e. The van der Waals surface area contributed by atoms with E-state index in [1.54, 1.807) is 0 Å². The molecule has 5 heteroatoms. The van der Waals surface area contributed by atoms with Crippen LogP contribution in [0.15, 0.2) is 0 Å². The quantitative estimate of drug-likeness (QED) is 0.687. The molecule has 1 fully saturated rings. The third-order valence-electron chi connectivity index (χ3n) is 2.82. The second-order valence-corrected chi connectivity index (χ2v) is 4.73. The molecule has 0 radical (unpaired) electrons. The van der Waals surface area contributed by atoms with Gasteiger partial charge in [-0.2, -0.15) is 0 Å². The summed E-state index contributed by atoms with van der Waals surface area (Å²) in [5.74, 6) is -0.143. The predicted octanol–water partition coefficient (Wildman–Crippen LogP) is -0.0620. The summed E-state index contributed by atoms with van der Waals surface area (Å²) in [5.41, 5.74) is 0. The van der Waals surface area contributed by atoms with Crippen LogP contribution in [0.1, 0.15) is 20.3 Å². The summed E-state index contributed by atoms with van der Waals surface area (Å²) in [6.45, 7) is 8.74. The minimum Gasteiger partial charge on any atom is -0.462 e. The number of aliphatic hydroxyl groups excluding tert-OH is 1.